The van der Waals surface area contributed by atoms with Gasteiger partial charge in [-0.2, -0.15) is 0 Å². The van der Waals surface area contributed by atoms with E-state index in [4.69, 9.17) is 0 Å². The molecule has 2 heteroatoms. The quantitative estimate of drug-likeness (QED) is 0.474. The zero-order valence-corrected chi connectivity index (χ0v) is 6.61. The lowest BCUT2D eigenvalue weighted by Gasteiger charge is -2.48. The first-order valence-corrected chi connectivity index (χ1v) is 4.23. The monoisotopic (exact) mass is 141 g/mol. The first-order chi connectivity index (χ1) is 4.29. The van der Waals surface area contributed by atoms with E-state index in [1.807, 2.05) is 11.9 Å². The van der Waals surface area contributed by atoms with Crippen molar-refractivity contribution in [2.45, 2.75) is 19.9 Å². The third kappa shape index (κ3) is 0.665. The zero-order chi connectivity index (χ0) is 6.43. The Morgan fingerprint density at radius 2 is 2.56 bits per heavy atom. The number of hydrogen-bond acceptors (Lipinski definition) is 2. The maximum absolute atomic E-state index is 2.43. The zero-order valence-electron chi connectivity index (χ0n) is 5.79. The molecule has 3 aliphatic rings. The molecule has 3 rings (SSSR count). The summed E-state index contributed by atoms with van der Waals surface area (Å²) >= 11 is 1.87. The van der Waals surface area contributed by atoms with Gasteiger partial charge in [-0.05, 0) is 19.3 Å². The smallest absolute Gasteiger partial charge is 0.0255 e. The standard InChI is InChI=1S/C7H11NS/c1-5-4-9-8-3-7(5)6(8)2/h4,6-7H,3H2,1-2H3. The first-order valence-electron chi connectivity index (χ1n) is 3.39. The van der Waals surface area contributed by atoms with E-state index < -0.39 is 0 Å². The van der Waals surface area contributed by atoms with Crippen LogP contribution in [0.5, 0.6) is 0 Å². The molecule has 1 saturated heterocycles. The molecule has 0 radical (unpaired) electrons. The van der Waals surface area contributed by atoms with E-state index in [9.17, 15) is 0 Å². The molecule has 50 valence electrons. The Balaban J connectivity index is 2.22. The van der Waals surface area contributed by atoms with Gasteiger partial charge < -0.3 is 0 Å². The normalized spacial score (nSPS) is 47.8. The van der Waals surface area contributed by atoms with Crippen molar-refractivity contribution in [3.8, 4) is 0 Å². The summed E-state index contributed by atoms with van der Waals surface area (Å²) in [5.74, 6) is 0.881. The van der Waals surface area contributed by atoms with Crippen LogP contribution in [-0.2, 0) is 0 Å². The van der Waals surface area contributed by atoms with Gasteiger partial charge in [-0.25, -0.2) is 4.31 Å². The third-order valence-electron chi connectivity index (χ3n) is 2.37. The summed E-state index contributed by atoms with van der Waals surface area (Å²) in [6.45, 7) is 5.83. The van der Waals surface area contributed by atoms with Crippen molar-refractivity contribution in [3.63, 3.8) is 0 Å². The van der Waals surface area contributed by atoms with Gasteiger partial charge in [-0.3, -0.25) is 0 Å². The highest BCUT2D eigenvalue weighted by atomic mass is 32.2. The molecule has 0 saturated carbocycles. The summed E-state index contributed by atoms with van der Waals surface area (Å²) in [7, 11) is 0. The molecule has 3 heterocycles. The van der Waals surface area contributed by atoms with E-state index in [1.165, 1.54) is 6.54 Å². The minimum absolute atomic E-state index is 0.806. The molecule has 0 N–H and O–H groups in total. The average molecular weight is 141 g/mol. The lowest BCUT2D eigenvalue weighted by Crippen LogP contribution is -2.52. The van der Waals surface area contributed by atoms with Gasteiger partial charge in [0, 0.05) is 18.5 Å². The van der Waals surface area contributed by atoms with Gasteiger partial charge in [0.05, 0.1) is 0 Å². The number of hydrogen-bond donors (Lipinski definition) is 0. The van der Waals surface area contributed by atoms with E-state index >= 15 is 0 Å². The molecule has 9 heavy (non-hydrogen) atoms. The molecule has 1 fully saturated rings. The Hall–Kier alpha value is 0.0500. The van der Waals surface area contributed by atoms with Crippen LogP contribution in [0.4, 0.5) is 0 Å². The first kappa shape index (κ1) is 5.81. The summed E-state index contributed by atoms with van der Waals surface area (Å²) in [6.07, 6.45) is 0. The topological polar surface area (TPSA) is 3.24 Å². The predicted octanol–water partition coefficient (Wildman–Crippen LogP) is 1.87. The Morgan fingerprint density at radius 3 is 2.89 bits per heavy atom. The maximum atomic E-state index is 2.43. The van der Waals surface area contributed by atoms with Crippen LogP contribution in [0, 0.1) is 5.92 Å². The molecule has 2 bridgehead atoms. The molecule has 3 atom stereocenters. The Kier molecular flexibility index (Phi) is 1.14. The second-order valence-corrected chi connectivity index (χ2v) is 3.83. The molecular weight excluding hydrogens is 130 g/mol. The van der Waals surface area contributed by atoms with Crippen molar-refractivity contribution in [2.24, 2.45) is 5.92 Å². The Morgan fingerprint density at radius 1 is 1.78 bits per heavy atom. The number of fused-ring (bicyclic) bond motifs is 1. The predicted molar refractivity (Wildman–Crippen MR) is 41.0 cm³/mol. The van der Waals surface area contributed by atoms with E-state index in [1.54, 1.807) is 5.57 Å². The van der Waals surface area contributed by atoms with Crippen molar-refractivity contribution in [3.05, 3.63) is 11.0 Å². The van der Waals surface area contributed by atoms with Gasteiger partial charge in [0.25, 0.3) is 0 Å². The molecule has 3 unspecified atom stereocenters. The Labute approximate surface area is 60.2 Å². The molecular formula is C7H11NS. The molecule has 0 aromatic heterocycles. The minimum atomic E-state index is 0.806. The van der Waals surface area contributed by atoms with Gasteiger partial charge in [0.15, 0.2) is 0 Å². The van der Waals surface area contributed by atoms with Crippen LogP contribution in [0.3, 0.4) is 0 Å². The van der Waals surface area contributed by atoms with E-state index in [0.717, 1.165) is 12.0 Å². The van der Waals surface area contributed by atoms with Crippen LogP contribution in [0.25, 0.3) is 0 Å². The lowest BCUT2D eigenvalue weighted by molar-refractivity contribution is 0.156. The highest BCUT2D eigenvalue weighted by molar-refractivity contribution is 8.00. The fourth-order valence-electron chi connectivity index (χ4n) is 1.48. The summed E-state index contributed by atoms with van der Waals surface area (Å²) in [6, 6.07) is 0.806. The molecule has 0 aliphatic carbocycles. The van der Waals surface area contributed by atoms with Crippen LogP contribution >= 0.6 is 11.9 Å². The average Bonchev–Trinajstić information content (AvgIpc) is 1.86. The van der Waals surface area contributed by atoms with E-state index in [2.05, 4.69) is 23.6 Å². The second kappa shape index (κ2) is 1.77. The Bertz CT molecular complexity index is 164. The van der Waals surface area contributed by atoms with Crippen LogP contribution < -0.4 is 0 Å². The minimum Gasteiger partial charge on any atom is -0.243 e. The largest absolute Gasteiger partial charge is 0.243 e. The van der Waals surface area contributed by atoms with Crippen LogP contribution in [0.15, 0.2) is 11.0 Å². The molecule has 0 amide bonds. The molecule has 3 aliphatic heterocycles. The number of nitrogens with zero attached hydrogens (tertiary/aromatic N) is 1. The van der Waals surface area contributed by atoms with Crippen LogP contribution in [0.2, 0.25) is 0 Å². The van der Waals surface area contributed by atoms with E-state index in [-0.39, 0.29) is 0 Å². The van der Waals surface area contributed by atoms with Crippen molar-refractivity contribution < 1.29 is 0 Å². The van der Waals surface area contributed by atoms with Crippen molar-refractivity contribution >= 4 is 11.9 Å². The SMILES string of the molecule is CC1=CSN2CC1C2C. The molecule has 0 aromatic rings. The fourth-order valence-corrected chi connectivity index (χ4v) is 2.54. The third-order valence-corrected chi connectivity index (χ3v) is 3.60. The summed E-state index contributed by atoms with van der Waals surface area (Å²) in [4.78, 5) is 0. The summed E-state index contributed by atoms with van der Waals surface area (Å²) < 4.78 is 2.43. The number of rotatable bonds is 0. The van der Waals surface area contributed by atoms with E-state index in [0.29, 0.717) is 0 Å². The highest BCUT2D eigenvalue weighted by Crippen LogP contribution is 2.42. The molecule has 1 nitrogen and oxygen atoms in total. The van der Waals surface area contributed by atoms with Crippen molar-refractivity contribution in [1.82, 2.24) is 4.31 Å². The van der Waals surface area contributed by atoms with Crippen molar-refractivity contribution in [1.29, 1.82) is 0 Å². The molecule has 0 aromatic carbocycles. The van der Waals surface area contributed by atoms with Crippen LogP contribution in [-0.4, -0.2) is 16.9 Å². The van der Waals surface area contributed by atoms with Gasteiger partial charge in [-0.15, -0.1) is 0 Å². The summed E-state index contributed by atoms with van der Waals surface area (Å²) in [5, 5.41) is 2.27. The maximum Gasteiger partial charge on any atom is 0.0255 e. The van der Waals surface area contributed by atoms with Gasteiger partial charge in [-0.1, -0.05) is 17.5 Å². The van der Waals surface area contributed by atoms with Gasteiger partial charge in [0.1, 0.15) is 0 Å². The van der Waals surface area contributed by atoms with Gasteiger partial charge >= 0.3 is 0 Å². The fraction of sp³-hybridized carbons (Fsp3) is 0.714. The summed E-state index contributed by atoms with van der Waals surface area (Å²) in [5.41, 5.74) is 1.58. The van der Waals surface area contributed by atoms with Gasteiger partial charge in [0.2, 0.25) is 0 Å². The lowest BCUT2D eigenvalue weighted by atomic mass is 9.87. The highest BCUT2D eigenvalue weighted by Gasteiger charge is 2.39. The molecule has 0 spiro atoms. The van der Waals surface area contributed by atoms with Crippen LogP contribution in [0.1, 0.15) is 13.8 Å². The second-order valence-electron chi connectivity index (χ2n) is 2.91. The van der Waals surface area contributed by atoms with Crippen molar-refractivity contribution in [2.75, 3.05) is 6.54 Å².